The first kappa shape index (κ1) is 4.81. The summed E-state index contributed by atoms with van der Waals surface area (Å²) in [5.41, 5.74) is 2.47. The smallest absolute Gasteiger partial charge is 0.199 e. The Balaban J connectivity index is 2.95. The van der Waals surface area contributed by atoms with E-state index in [1.54, 1.807) is 11.7 Å². The van der Waals surface area contributed by atoms with Crippen molar-refractivity contribution in [1.82, 2.24) is 15.0 Å². The third-order valence-corrected chi connectivity index (χ3v) is 1.72. The molecule has 1 radical (unpaired) electrons. The normalized spacial score (nSPS) is 10.2. The number of fused-ring (bicyclic) bond motifs is 1. The minimum absolute atomic E-state index is 0.731. The zero-order chi connectivity index (χ0) is 6.10. The topological polar surface area (TPSA) is 38.7 Å². The lowest BCUT2D eigenvalue weighted by Gasteiger charge is -1.78. The molecule has 3 nitrogen and oxygen atoms in total. The van der Waals surface area contributed by atoms with E-state index in [9.17, 15) is 0 Å². The average Bonchev–Trinajstić information content (AvgIpc) is 2.33. The molecule has 2 aromatic rings. The molecule has 0 aliphatic carbocycles. The molecule has 0 aliphatic heterocycles. The highest BCUT2D eigenvalue weighted by Gasteiger charge is 1.92. The number of nitrogens with zero attached hydrogens (tertiary/aromatic N) is 3. The van der Waals surface area contributed by atoms with Crippen LogP contribution in [0.2, 0.25) is 0 Å². The summed E-state index contributed by atoms with van der Waals surface area (Å²) in [6, 6.07) is 0. The highest BCUT2D eigenvalue weighted by molar-refractivity contribution is 7.16. The Morgan fingerprint density at radius 1 is 1.56 bits per heavy atom. The monoisotopic (exact) mass is 136 g/mol. The van der Waals surface area contributed by atoms with Crippen LogP contribution < -0.4 is 0 Å². The molecular weight excluding hydrogens is 134 g/mol. The molecule has 0 bridgehead atoms. The van der Waals surface area contributed by atoms with Crippen LogP contribution in [-0.4, -0.2) is 15.0 Å². The molecule has 0 N–H and O–H groups in total. The van der Waals surface area contributed by atoms with E-state index in [1.165, 1.54) is 11.3 Å². The summed E-state index contributed by atoms with van der Waals surface area (Å²) in [6.45, 7) is 0. The van der Waals surface area contributed by atoms with E-state index in [0.29, 0.717) is 0 Å². The molecule has 0 aliphatic rings. The quantitative estimate of drug-likeness (QED) is 0.539. The maximum atomic E-state index is 3.95. The van der Waals surface area contributed by atoms with Crippen LogP contribution in [0.25, 0.3) is 10.3 Å². The van der Waals surface area contributed by atoms with Gasteiger partial charge in [-0.1, -0.05) is 0 Å². The van der Waals surface area contributed by atoms with Crippen molar-refractivity contribution in [3.63, 3.8) is 0 Å². The first-order chi connectivity index (χ1) is 4.47. The van der Waals surface area contributed by atoms with Gasteiger partial charge in [-0.15, -0.1) is 11.3 Å². The molecule has 2 aromatic heterocycles. The fourth-order valence-corrected chi connectivity index (χ4v) is 1.17. The predicted molar refractivity (Wildman–Crippen MR) is 34.0 cm³/mol. The van der Waals surface area contributed by atoms with Crippen LogP contribution in [0, 0.1) is 6.33 Å². The van der Waals surface area contributed by atoms with E-state index in [-0.39, 0.29) is 0 Å². The van der Waals surface area contributed by atoms with Gasteiger partial charge in [0.2, 0.25) is 0 Å². The van der Waals surface area contributed by atoms with E-state index in [2.05, 4.69) is 21.3 Å². The van der Waals surface area contributed by atoms with Crippen molar-refractivity contribution in [2.45, 2.75) is 0 Å². The Labute approximate surface area is 55.4 Å². The SMILES string of the molecule is [c]1ncc2scnc2n1. The first-order valence-corrected chi connectivity index (χ1v) is 3.27. The Kier molecular flexibility index (Phi) is 0.927. The van der Waals surface area contributed by atoms with Crippen LogP contribution in [0.4, 0.5) is 0 Å². The molecule has 9 heavy (non-hydrogen) atoms. The number of thiazole rings is 1. The van der Waals surface area contributed by atoms with Gasteiger partial charge in [0.1, 0.15) is 0 Å². The van der Waals surface area contributed by atoms with E-state index in [1.807, 2.05) is 0 Å². The summed E-state index contributed by atoms with van der Waals surface area (Å²) < 4.78 is 1.01. The summed E-state index contributed by atoms with van der Waals surface area (Å²) >= 11 is 1.53. The van der Waals surface area contributed by atoms with Crippen molar-refractivity contribution in [3.8, 4) is 0 Å². The van der Waals surface area contributed by atoms with Crippen molar-refractivity contribution in [2.24, 2.45) is 0 Å². The van der Waals surface area contributed by atoms with E-state index >= 15 is 0 Å². The fraction of sp³-hybridized carbons (Fsp3) is 0. The maximum Gasteiger partial charge on any atom is 0.199 e. The van der Waals surface area contributed by atoms with E-state index in [0.717, 1.165) is 10.3 Å². The predicted octanol–water partition coefficient (Wildman–Crippen LogP) is 0.886. The highest BCUT2D eigenvalue weighted by Crippen LogP contribution is 2.11. The molecule has 0 fully saturated rings. The van der Waals surface area contributed by atoms with Crippen LogP contribution in [0.1, 0.15) is 0 Å². The van der Waals surface area contributed by atoms with Crippen molar-refractivity contribution >= 4 is 21.7 Å². The van der Waals surface area contributed by atoms with E-state index < -0.39 is 0 Å². The third kappa shape index (κ3) is 0.675. The summed E-state index contributed by atoms with van der Waals surface area (Å²) in [5.74, 6) is 0. The molecule has 43 valence electrons. The molecule has 0 atom stereocenters. The lowest BCUT2D eigenvalue weighted by molar-refractivity contribution is 1.18. The van der Waals surface area contributed by atoms with E-state index in [4.69, 9.17) is 0 Å². The lowest BCUT2D eigenvalue weighted by Crippen LogP contribution is -1.76. The van der Waals surface area contributed by atoms with Gasteiger partial charge in [0.25, 0.3) is 0 Å². The van der Waals surface area contributed by atoms with Crippen molar-refractivity contribution in [2.75, 3.05) is 0 Å². The Morgan fingerprint density at radius 2 is 2.56 bits per heavy atom. The zero-order valence-corrected chi connectivity index (χ0v) is 5.22. The summed E-state index contributed by atoms with van der Waals surface area (Å²) in [4.78, 5) is 11.5. The largest absolute Gasteiger partial charge is 0.232 e. The Hall–Kier alpha value is -1.03. The summed E-state index contributed by atoms with van der Waals surface area (Å²) in [7, 11) is 0. The first-order valence-electron chi connectivity index (χ1n) is 2.39. The minimum Gasteiger partial charge on any atom is -0.232 e. The molecule has 0 saturated carbocycles. The molecule has 2 rings (SSSR count). The van der Waals surface area contributed by atoms with Gasteiger partial charge >= 0.3 is 0 Å². The number of rotatable bonds is 0. The molecular formula is C5H2N3S. The number of aromatic nitrogens is 3. The van der Waals surface area contributed by atoms with Crippen molar-refractivity contribution in [1.29, 1.82) is 0 Å². The number of hydrogen-bond donors (Lipinski definition) is 0. The average molecular weight is 136 g/mol. The summed E-state index contributed by atoms with van der Waals surface area (Å²) in [6.07, 6.45) is 4.17. The Morgan fingerprint density at radius 3 is 3.44 bits per heavy atom. The van der Waals surface area contributed by atoms with Crippen LogP contribution in [0.5, 0.6) is 0 Å². The van der Waals surface area contributed by atoms with Gasteiger partial charge in [-0.25, -0.2) is 15.0 Å². The molecule has 0 unspecified atom stereocenters. The zero-order valence-electron chi connectivity index (χ0n) is 4.40. The molecule has 0 spiro atoms. The minimum atomic E-state index is 0.731. The second kappa shape index (κ2) is 1.73. The van der Waals surface area contributed by atoms with Gasteiger partial charge in [-0.3, -0.25) is 0 Å². The molecule has 4 heteroatoms. The van der Waals surface area contributed by atoms with Gasteiger partial charge in [0.15, 0.2) is 12.0 Å². The maximum absolute atomic E-state index is 3.95. The molecule has 2 heterocycles. The standard InChI is InChI=1S/C5H2N3S/c1-4-5(7-2-6-1)8-3-9-4/h1,3H. The van der Waals surface area contributed by atoms with Gasteiger partial charge in [0.05, 0.1) is 16.4 Å². The molecule has 0 saturated heterocycles. The third-order valence-electron chi connectivity index (χ3n) is 0.970. The van der Waals surface area contributed by atoms with Crippen molar-refractivity contribution < 1.29 is 0 Å². The second-order valence-corrected chi connectivity index (χ2v) is 2.40. The lowest BCUT2D eigenvalue weighted by atomic mass is 10.6. The second-order valence-electron chi connectivity index (χ2n) is 1.51. The van der Waals surface area contributed by atoms with Gasteiger partial charge in [-0.05, 0) is 0 Å². The Bertz CT molecular complexity index is 286. The molecule has 0 aromatic carbocycles. The van der Waals surface area contributed by atoms with Crippen LogP contribution >= 0.6 is 11.3 Å². The van der Waals surface area contributed by atoms with Gasteiger partial charge < -0.3 is 0 Å². The number of hydrogen-bond acceptors (Lipinski definition) is 4. The van der Waals surface area contributed by atoms with Gasteiger partial charge in [0, 0.05) is 0 Å². The van der Waals surface area contributed by atoms with Crippen LogP contribution in [0.15, 0.2) is 11.7 Å². The highest BCUT2D eigenvalue weighted by atomic mass is 32.1. The van der Waals surface area contributed by atoms with Gasteiger partial charge in [-0.2, -0.15) is 0 Å². The molecule has 0 amide bonds. The van der Waals surface area contributed by atoms with Crippen molar-refractivity contribution in [3.05, 3.63) is 18.0 Å². The summed E-state index contributed by atoms with van der Waals surface area (Å²) in [5, 5.41) is 0. The fourth-order valence-electron chi connectivity index (χ4n) is 0.585. The van der Waals surface area contributed by atoms with Crippen LogP contribution in [0.3, 0.4) is 0 Å². The van der Waals surface area contributed by atoms with Crippen LogP contribution in [-0.2, 0) is 0 Å².